The van der Waals surface area contributed by atoms with Crippen molar-refractivity contribution in [1.82, 2.24) is 14.9 Å². The number of carbonyl (C=O) groups is 1. The summed E-state index contributed by atoms with van der Waals surface area (Å²) in [5.41, 5.74) is 4.27. The smallest absolute Gasteiger partial charge is 0.226 e. The fraction of sp³-hybridized carbons (Fsp3) is 0.214. The van der Waals surface area contributed by atoms with E-state index in [0.717, 1.165) is 40.4 Å². The Hall–Kier alpha value is -4.31. The zero-order valence-electron chi connectivity index (χ0n) is 19.1. The summed E-state index contributed by atoms with van der Waals surface area (Å²) in [5, 5.41) is 15.1. The van der Waals surface area contributed by atoms with Gasteiger partial charge in [0.05, 0.1) is 18.1 Å². The number of carbonyl (C=O) groups excluding carboxylic acids is 1. The molecule has 4 aromatic rings. The van der Waals surface area contributed by atoms with E-state index < -0.39 is 5.95 Å². The number of nitrogens with one attached hydrogen (secondary N) is 1. The molecule has 0 aliphatic carbocycles. The minimum Gasteiger partial charge on any atom is -0.382 e. The normalized spacial score (nSPS) is 14.0. The van der Waals surface area contributed by atoms with Gasteiger partial charge in [0.25, 0.3) is 0 Å². The van der Waals surface area contributed by atoms with Crippen LogP contribution in [0.3, 0.4) is 0 Å². The van der Waals surface area contributed by atoms with E-state index in [1.165, 1.54) is 12.3 Å². The van der Waals surface area contributed by atoms with Crippen LogP contribution < -0.4 is 5.32 Å². The second kappa shape index (κ2) is 9.90. The number of nitrogens with zero attached hydrogens (tertiary/aromatic N) is 4. The number of benzene rings is 2. The third kappa shape index (κ3) is 5.12. The Bertz CT molecular complexity index is 1420. The summed E-state index contributed by atoms with van der Waals surface area (Å²) in [4.78, 5) is 22.4. The maximum Gasteiger partial charge on any atom is 0.226 e. The van der Waals surface area contributed by atoms with E-state index in [-0.39, 0.29) is 18.4 Å². The monoisotopic (exact) mass is 465 g/mol. The number of anilines is 1. The predicted molar refractivity (Wildman–Crippen MR) is 133 cm³/mol. The Labute approximate surface area is 203 Å². The number of piperidine rings is 1. The zero-order valence-corrected chi connectivity index (χ0v) is 19.1. The number of fused-ring (bicyclic) bond motifs is 1. The van der Waals surface area contributed by atoms with Crippen LogP contribution in [0.2, 0.25) is 0 Å². The van der Waals surface area contributed by atoms with Crippen LogP contribution in [0, 0.1) is 17.3 Å². The van der Waals surface area contributed by atoms with Gasteiger partial charge in [0.2, 0.25) is 11.9 Å². The van der Waals surface area contributed by atoms with Gasteiger partial charge in [-0.1, -0.05) is 12.1 Å². The van der Waals surface area contributed by atoms with Gasteiger partial charge in [-0.3, -0.25) is 9.78 Å². The molecule has 2 aromatic heterocycles. The van der Waals surface area contributed by atoms with Crippen LogP contribution in [-0.4, -0.2) is 39.9 Å². The quantitative estimate of drug-likeness (QED) is 0.422. The van der Waals surface area contributed by atoms with Gasteiger partial charge in [-0.15, -0.1) is 0 Å². The van der Waals surface area contributed by atoms with Crippen LogP contribution in [0.5, 0.6) is 0 Å². The topological polar surface area (TPSA) is 81.9 Å². The van der Waals surface area contributed by atoms with Crippen molar-refractivity contribution in [3.8, 4) is 17.2 Å². The molecule has 0 unspecified atom stereocenters. The van der Waals surface area contributed by atoms with Crippen molar-refractivity contribution in [3.63, 3.8) is 0 Å². The molecule has 7 heteroatoms. The van der Waals surface area contributed by atoms with E-state index >= 15 is 0 Å². The summed E-state index contributed by atoms with van der Waals surface area (Å²) in [6, 6.07) is 19.2. The molecule has 0 radical (unpaired) electrons. The van der Waals surface area contributed by atoms with Crippen LogP contribution in [0.15, 0.2) is 73.2 Å². The van der Waals surface area contributed by atoms with E-state index in [2.05, 4.69) is 33.5 Å². The third-order valence-electron chi connectivity index (χ3n) is 6.43. The van der Waals surface area contributed by atoms with Gasteiger partial charge in [-0.2, -0.15) is 9.65 Å². The first-order valence-electron chi connectivity index (χ1n) is 11.6. The molecule has 1 saturated heterocycles. The van der Waals surface area contributed by atoms with Crippen molar-refractivity contribution in [2.75, 3.05) is 18.4 Å². The molecule has 1 aliphatic rings. The van der Waals surface area contributed by atoms with Crippen molar-refractivity contribution in [1.29, 1.82) is 5.26 Å². The number of rotatable bonds is 5. The van der Waals surface area contributed by atoms with Gasteiger partial charge in [0.1, 0.15) is 0 Å². The molecule has 1 amide bonds. The van der Waals surface area contributed by atoms with Crippen LogP contribution in [-0.2, 0) is 11.2 Å². The highest BCUT2D eigenvalue weighted by Gasteiger charge is 2.23. The molecule has 1 N–H and O–H groups in total. The fourth-order valence-electron chi connectivity index (χ4n) is 4.59. The summed E-state index contributed by atoms with van der Waals surface area (Å²) in [6.07, 6.45) is 6.83. The Balaban J connectivity index is 1.31. The molecule has 0 bridgehead atoms. The highest BCUT2D eigenvalue weighted by Crippen LogP contribution is 2.32. The number of hydrogen-bond donors (Lipinski definition) is 1. The average molecular weight is 466 g/mol. The SMILES string of the molecule is N#Cc1cccc(-c2cc(NC3CCN(C(=O)Cc4ccnc(F)c4)CC3)c3cnccc3c2)c1. The Morgan fingerprint density at radius 2 is 1.94 bits per heavy atom. The molecular formula is C28H24FN5O. The number of amides is 1. The second-order valence-corrected chi connectivity index (χ2v) is 8.78. The maximum absolute atomic E-state index is 13.3. The fourth-order valence-corrected chi connectivity index (χ4v) is 4.59. The molecule has 2 aromatic carbocycles. The molecule has 1 aliphatic heterocycles. The molecule has 5 rings (SSSR count). The van der Waals surface area contributed by atoms with Crippen LogP contribution >= 0.6 is 0 Å². The van der Waals surface area contributed by atoms with Crippen molar-refractivity contribution < 1.29 is 9.18 Å². The maximum atomic E-state index is 13.3. The molecule has 0 spiro atoms. The van der Waals surface area contributed by atoms with E-state index in [1.807, 2.05) is 35.4 Å². The summed E-state index contributed by atoms with van der Waals surface area (Å²) >= 11 is 0. The Morgan fingerprint density at radius 3 is 2.74 bits per heavy atom. The summed E-state index contributed by atoms with van der Waals surface area (Å²) in [5.74, 6) is -0.565. The minimum atomic E-state index is -0.568. The van der Waals surface area contributed by atoms with Gasteiger partial charge in [0.15, 0.2) is 0 Å². The molecule has 1 fully saturated rings. The number of hydrogen-bond acceptors (Lipinski definition) is 5. The average Bonchev–Trinajstić information content (AvgIpc) is 2.89. The van der Waals surface area contributed by atoms with Crippen molar-refractivity contribution in [3.05, 3.63) is 90.3 Å². The van der Waals surface area contributed by atoms with Crippen LogP contribution in [0.1, 0.15) is 24.0 Å². The lowest BCUT2D eigenvalue weighted by Gasteiger charge is -2.33. The first-order valence-corrected chi connectivity index (χ1v) is 11.6. The van der Waals surface area contributed by atoms with E-state index in [9.17, 15) is 14.4 Å². The summed E-state index contributed by atoms with van der Waals surface area (Å²) < 4.78 is 13.3. The number of halogens is 1. The Morgan fingerprint density at radius 1 is 1.09 bits per heavy atom. The second-order valence-electron chi connectivity index (χ2n) is 8.78. The molecule has 3 heterocycles. The highest BCUT2D eigenvalue weighted by molar-refractivity contribution is 5.97. The zero-order chi connectivity index (χ0) is 24.2. The van der Waals surface area contributed by atoms with Gasteiger partial charge in [0, 0.05) is 48.8 Å². The number of likely N-dealkylation sites (tertiary alicyclic amines) is 1. The van der Waals surface area contributed by atoms with E-state index in [4.69, 9.17) is 0 Å². The lowest BCUT2D eigenvalue weighted by atomic mass is 9.98. The summed E-state index contributed by atoms with van der Waals surface area (Å²) in [7, 11) is 0. The molecule has 174 valence electrons. The van der Waals surface area contributed by atoms with Crippen molar-refractivity contribution in [2.24, 2.45) is 0 Å². The van der Waals surface area contributed by atoms with Crippen LogP contribution in [0.4, 0.5) is 10.1 Å². The van der Waals surface area contributed by atoms with Crippen molar-refractivity contribution in [2.45, 2.75) is 25.3 Å². The van der Waals surface area contributed by atoms with Gasteiger partial charge >= 0.3 is 0 Å². The third-order valence-corrected chi connectivity index (χ3v) is 6.43. The number of pyridine rings is 2. The molecular weight excluding hydrogens is 441 g/mol. The molecule has 0 atom stereocenters. The van der Waals surface area contributed by atoms with Crippen LogP contribution in [0.25, 0.3) is 21.9 Å². The molecule has 0 saturated carbocycles. The first kappa shape index (κ1) is 22.5. The number of nitriles is 1. The molecule has 6 nitrogen and oxygen atoms in total. The van der Waals surface area contributed by atoms with E-state index in [1.54, 1.807) is 18.3 Å². The standard InChI is InChI=1S/C28H24FN5O/c29-27-13-19(4-9-32-27)14-28(35)34-10-6-24(7-11-34)33-26-16-23(15-22-5-8-31-18-25(22)26)21-3-1-2-20(12-21)17-30/h1-5,8-9,12-13,15-16,18,24,33H,6-7,10-11,14H2. The number of aromatic nitrogens is 2. The predicted octanol–water partition coefficient (Wildman–Crippen LogP) is 4.95. The molecule has 35 heavy (non-hydrogen) atoms. The largest absolute Gasteiger partial charge is 0.382 e. The lowest BCUT2D eigenvalue weighted by molar-refractivity contribution is -0.131. The highest BCUT2D eigenvalue weighted by atomic mass is 19.1. The van der Waals surface area contributed by atoms with E-state index in [0.29, 0.717) is 24.2 Å². The van der Waals surface area contributed by atoms with Gasteiger partial charge < -0.3 is 10.2 Å². The van der Waals surface area contributed by atoms with Crippen molar-refractivity contribution >= 4 is 22.4 Å². The minimum absolute atomic E-state index is 0.00284. The first-order chi connectivity index (χ1) is 17.1. The van der Waals surface area contributed by atoms with Gasteiger partial charge in [-0.25, -0.2) is 4.98 Å². The Kier molecular flexibility index (Phi) is 6.36. The summed E-state index contributed by atoms with van der Waals surface area (Å²) in [6.45, 7) is 1.29. The van der Waals surface area contributed by atoms with Gasteiger partial charge in [-0.05, 0) is 77.4 Å². The lowest BCUT2D eigenvalue weighted by Crippen LogP contribution is -2.43.